The molecule has 1 unspecified atom stereocenters. The molecule has 0 radical (unpaired) electrons. The molecule has 1 aliphatic rings. The van der Waals surface area contributed by atoms with Gasteiger partial charge in [0.05, 0.1) is 4.91 Å². The molecule has 3 aromatic rings. The molecule has 0 saturated carbocycles. The third-order valence-electron chi connectivity index (χ3n) is 6.51. The molecule has 1 aliphatic carbocycles. The molecule has 0 N–H and O–H groups in total. The number of carbonyl (C=O) groups is 2. The molecule has 0 aromatic heterocycles. The van der Waals surface area contributed by atoms with E-state index in [0.29, 0.717) is 23.8 Å². The Morgan fingerprint density at radius 3 is 2.14 bits per heavy atom. The third kappa shape index (κ3) is 5.01. The molecule has 184 valence electrons. The van der Waals surface area contributed by atoms with Gasteiger partial charge in [0.2, 0.25) is 0 Å². The average molecular weight is 517 g/mol. The Hall–Kier alpha value is -3.22. The van der Waals surface area contributed by atoms with Crippen LogP contribution in [-0.2, 0) is 20.0 Å². The van der Waals surface area contributed by atoms with Gasteiger partial charge < -0.3 is 4.79 Å². The van der Waals surface area contributed by atoms with Crippen LogP contribution in [0.5, 0.6) is 0 Å². The van der Waals surface area contributed by atoms with Gasteiger partial charge in [0, 0.05) is 26.3 Å². The van der Waals surface area contributed by atoms with Crippen LogP contribution in [0.1, 0.15) is 48.7 Å². The normalized spacial score (nSPS) is 17.9. The summed E-state index contributed by atoms with van der Waals surface area (Å²) in [7, 11) is -3.76. The van der Waals surface area contributed by atoms with Gasteiger partial charge in [-0.05, 0) is 62.2 Å². The summed E-state index contributed by atoms with van der Waals surface area (Å²) in [5.74, 6) is -0.0114. The highest BCUT2D eigenvalue weighted by Crippen LogP contribution is 2.42. The Morgan fingerprint density at radius 1 is 0.917 bits per heavy atom. The Balaban J connectivity index is 1.56. The fourth-order valence-corrected chi connectivity index (χ4v) is 6.43. The summed E-state index contributed by atoms with van der Waals surface area (Å²) < 4.78 is 24.3. The number of benzene rings is 3. The van der Waals surface area contributed by atoms with Crippen LogP contribution in [0.3, 0.4) is 0 Å². The van der Waals surface area contributed by atoms with Gasteiger partial charge in [-0.3, -0.25) is 4.79 Å². The summed E-state index contributed by atoms with van der Waals surface area (Å²) in [4.78, 5) is 26.3. The lowest BCUT2D eigenvalue weighted by Crippen LogP contribution is -2.35. The second-order valence-electron chi connectivity index (χ2n) is 9.60. The van der Waals surface area contributed by atoms with Crippen molar-refractivity contribution in [2.24, 2.45) is 0 Å². The van der Waals surface area contributed by atoms with E-state index in [1.54, 1.807) is 23.9 Å². The van der Waals surface area contributed by atoms with E-state index in [1.807, 2.05) is 78.9 Å². The monoisotopic (exact) mass is 516 g/mol. The quantitative estimate of drug-likeness (QED) is 0.250. The Labute approximate surface area is 217 Å². The third-order valence-corrected chi connectivity index (χ3v) is 10.0. The van der Waals surface area contributed by atoms with Crippen LogP contribution in [0.25, 0.3) is 0 Å². The van der Waals surface area contributed by atoms with Crippen molar-refractivity contribution in [3.8, 4) is 0 Å². The van der Waals surface area contributed by atoms with Crippen LogP contribution < -0.4 is 0 Å². The zero-order valence-corrected chi connectivity index (χ0v) is 22.1. The Kier molecular flexibility index (Phi) is 7.21. The molecule has 4 nitrogen and oxygen atoms in total. The lowest BCUT2D eigenvalue weighted by Gasteiger charge is -2.31. The zero-order valence-electron chi connectivity index (χ0n) is 20.5. The van der Waals surface area contributed by atoms with Crippen molar-refractivity contribution in [3.63, 3.8) is 0 Å². The van der Waals surface area contributed by atoms with Crippen LogP contribution >= 0.6 is 11.8 Å². The van der Waals surface area contributed by atoms with Crippen LogP contribution in [0.2, 0.25) is 0 Å². The highest BCUT2D eigenvalue weighted by atomic mass is 32.2. The number of hydrogen-bond donors (Lipinski definition) is 0. The molecule has 36 heavy (non-hydrogen) atoms. The molecule has 6 heteroatoms. The van der Waals surface area contributed by atoms with E-state index >= 15 is 0 Å². The number of rotatable bonds is 8. The lowest BCUT2D eigenvalue weighted by molar-refractivity contribution is -0.109. The summed E-state index contributed by atoms with van der Waals surface area (Å²) in [6, 6.07) is 24.9. The van der Waals surface area contributed by atoms with E-state index in [4.69, 9.17) is 0 Å². The predicted molar refractivity (Wildman–Crippen MR) is 145 cm³/mol. The number of carbonyl (C=O) groups excluding carboxylic acids is 2. The van der Waals surface area contributed by atoms with E-state index in [2.05, 4.69) is 13.0 Å². The number of hydrogen-bond acceptors (Lipinski definition) is 5. The van der Waals surface area contributed by atoms with Crippen LogP contribution in [0.4, 0.5) is 0 Å². The predicted octanol–water partition coefficient (Wildman–Crippen LogP) is 6.56. The van der Waals surface area contributed by atoms with Gasteiger partial charge in [-0.25, -0.2) is 8.42 Å². The fraction of sp³-hybridized carbons (Fsp3) is 0.200. The highest BCUT2D eigenvalue weighted by Gasteiger charge is 2.38. The minimum absolute atomic E-state index is 0.0114. The van der Waals surface area contributed by atoms with Crippen LogP contribution in [0.15, 0.2) is 112 Å². The minimum atomic E-state index is -3.76. The molecule has 0 saturated heterocycles. The van der Waals surface area contributed by atoms with Crippen LogP contribution in [-0.4, -0.2) is 25.2 Å². The first kappa shape index (κ1) is 25.9. The minimum Gasteiger partial charge on any atom is -0.302 e. The molecule has 0 aliphatic heterocycles. The lowest BCUT2D eigenvalue weighted by atomic mass is 9.77. The molecule has 3 aromatic carbocycles. The first-order chi connectivity index (χ1) is 17.1. The highest BCUT2D eigenvalue weighted by molar-refractivity contribution is 7.99. The molecule has 0 heterocycles. The molecule has 1 atom stereocenters. The van der Waals surface area contributed by atoms with Crippen molar-refractivity contribution in [1.29, 1.82) is 0 Å². The maximum atomic E-state index is 12.9. The summed E-state index contributed by atoms with van der Waals surface area (Å²) in [6.45, 7) is 4.92. The molecule has 0 fully saturated rings. The molecule has 0 bridgehead atoms. The number of allylic oxidation sites excluding steroid dienone is 3. The van der Waals surface area contributed by atoms with Gasteiger partial charge in [-0.1, -0.05) is 79.4 Å². The topological polar surface area (TPSA) is 68.3 Å². The standard InChI is InChI=1S/C30H28O4S2/c1-29(2,21-31)36(33,34)25-17-19-30(3,20-18-25)26-11-7-8-12-27(26)35-24-15-13-23(14-16-24)28(32)22-9-5-4-6-10-22/h4-19,21H,20H2,1-3H3. The summed E-state index contributed by atoms with van der Waals surface area (Å²) in [5.41, 5.74) is 1.97. The van der Waals surface area contributed by atoms with Crippen molar-refractivity contribution >= 4 is 33.7 Å². The smallest absolute Gasteiger partial charge is 0.193 e. The number of aldehydes is 1. The van der Waals surface area contributed by atoms with E-state index in [0.717, 1.165) is 15.4 Å². The molecule has 0 amide bonds. The van der Waals surface area contributed by atoms with E-state index < -0.39 is 20.0 Å². The second kappa shape index (κ2) is 10.0. The van der Waals surface area contributed by atoms with Crippen molar-refractivity contribution in [2.45, 2.75) is 47.1 Å². The number of sulfone groups is 1. The van der Waals surface area contributed by atoms with E-state index in [-0.39, 0.29) is 10.7 Å². The average Bonchev–Trinajstić information content (AvgIpc) is 2.89. The van der Waals surface area contributed by atoms with Crippen molar-refractivity contribution in [3.05, 3.63) is 119 Å². The van der Waals surface area contributed by atoms with Gasteiger partial charge >= 0.3 is 0 Å². The summed E-state index contributed by atoms with van der Waals surface area (Å²) in [5, 5.41) is 0. The Morgan fingerprint density at radius 2 is 1.53 bits per heavy atom. The van der Waals surface area contributed by atoms with Crippen LogP contribution in [0, 0.1) is 0 Å². The van der Waals surface area contributed by atoms with Gasteiger partial charge in [-0.2, -0.15) is 0 Å². The largest absolute Gasteiger partial charge is 0.302 e. The maximum Gasteiger partial charge on any atom is 0.193 e. The molecule has 0 spiro atoms. The van der Waals surface area contributed by atoms with Crippen molar-refractivity contribution in [1.82, 2.24) is 0 Å². The van der Waals surface area contributed by atoms with E-state index in [1.165, 1.54) is 13.8 Å². The van der Waals surface area contributed by atoms with E-state index in [9.17, 15) is 18.0 Å². The van der Waals surface area contributed by atoms with Gasteiger partial charge in [0.25, 0.3) is 0 Å². The van der Waals surface area contributed by atoms with Gasteiger partial charge in [-0.15, -0.1) is 0 Å². The fourth-order valence-electron chi connectivity index (χ4n) is 4.07. The molecular formula is C30H28O4S2. The maximum absolute atomic E-state index is 12.9. The molecule has 4 rings (SSSR count). The Bertz CT molecular complexity index is 1450. The van der Waals surface area contributed by atoms with Crippen molar-refractivity contribution < 1.29 is 18.0 Å². The first-order valence-electron chi connectivity index (χ1n) is 11.6. The summed E-state index contributed by atoms with van der Waals surface area (Å²) >= 11 is 1.61. The summed E-state index contributed by atoms with van der Waals surface area (Å²) in [6.07, 6.45) is 6.23. The number of ketones is 1. The SMILES string of the molecule is CC1(c2ccccc2Sc2ccc(C(=O)c3ccccc3)cc2)C=CC(S(=O)(=O)C(C)(C)C=O)=CC1. The molecular weight excluding hydrogens is 488 g/mol. The zero-order chi connectivity index (χ0) is 26.0. The van der Waals surface area contributed by atoms with Gasteiger partial charge in [0.15, 0.2) is 15.6 Å². The first-order valence-corrected chi connectivity index (χ1v) is 13.9. The second-order valence-corrected chi connectivity index (χ2v) is 13.2. The van der Waals surface area contributed by atoms with Gasteiger partial charge in [0.1, 0.15) is 11.0 Å². The van der Waals surface area contributed by atoms with Crippen molar-refractivity contribution in [2.75, 3.05) is 0 Å².